The number of anilines is 1. The Kier molecular flexibility index (Phi) is 2.83. The van der Waals surface area contributed by atoms with Crippen LogP contribution in [0.15, 0.2) is 18.2 Å². The first kappa shape index (κ1) is 11.9. The number of hydrogen-bond acceptors (Lipinski definition) is 3. The summed E-state index contributed by atoms with van der Waals surface area (Å²) < 4.78 is 0. The minimum atomic E-state index is -0.121. The van der Waals surface area contributed by atoms with Gasteiger partial charge in [0.05, 0.1) is 0 Å². The monoisotopic (exact) mass is 256 g/mol. The number of aryl methyl sites for hydroxylation is 1. The number of nitrogens with one attached hydrogen (secondary N) is 3. The molecule has 0 unspecified atom stereocenters. The van der Waals surface area contributed by atoms with Gasteiger partial charge in [0.2, 0.25) is 0 Å². The number of aromatic nitrogens is 2. The Morgan fingerprint density at radius 3 is 2.79 bits per heavy atom. The summed E-state index contributed by atoms with van der Waals surface area (Å²) in [7, 11) is 0. The molecule has 5 nitrogen and oxygen atoms in total. The van der Waals surface area contributed by atoms with E-state index in [9.17, 15) is 4.79 Å². The molecular weight excluding hydrogens is 240 g/mol. The molecule has 5 heteroatoms. The maximum absolute atomic E-state index is 12.2. The Balaban J connectivity index is 1.83. The molecule has 0 spiro atoms. The van der Waals surface area contributed by atoms with Crippen molar-refractivity contribution in [1.82, 2.24) is 15.5 Å². The van der Waals surface area contributed by atoms with Crippen LogP contribution in [0.25, 0.3) is 0 Å². The zero-order valence-electron chi connectivity index (χ0n) is 11.0. The molecule has 1 aromatic carbocycles. The van der Waals surface area contributed by atoms with E-state index in [4.69, 9.17) is 0 Å². The van der Waals surface area contributed by atoms with E-state index in [0.717, 1.165) is 24.3 Å². The largest absolute Gasteiger partial charge is 0.309 e. The first-order valence-electron chi connectivity index (χ1n) is 6.30. The molecule has 1 aliphatic rings. The van der Waals surface area contributed by atoms with Crippen LogP contribution in [0.5, 0.6) is 0 Å². The summed E-state index contributed by atoms with van der Waals surface area (Å²) in [6, 6.07) is 5.81. The van der Waals surface area contributed by atoms with E-state index in [-0.39, 0.29) is 5.91 Å². The van der Waals surface area contributed by atoms with Crippen LogP contribution in [0.4, 0.5) is 5.82 Å². The van der Waals surface area contributed by atoms with Crippen LogP contribution in [-0.4, -0.2) is 16.1 Å². The first-order valence-corrected chi connectivity index (χ1v) is 6.30. The average Bonchev–Trinajstić information content (AvgIpc) is 2.99. The molecule has 0 saturated carbocycles. The van der Waals surface area contributed by atoms with Crippen LogP contribution < -0.4 is 10.6 Å². The van der Waals surface area contributed by atoms with Crippen LogP contribution in [-0.2, 0) is 13.1 Å². The molecule has 0 radical (unpaired) electrons. The van der Waals surface area contributed by atoms with Crippen LogP contribution in [0.1, 0.15) is 32.7 Å². The summed E-state index contributed by atoms with van der Waals surface area (Å²) in [5.74, 6) is 0.477. The Bertz CT molecular complexity index is 645. The second kappa shape index (κ2) is 4.51. The highest BCUT2D eigenvalue weighted by molar-refractivity contribution is 6.04. The predicted octanol–water partition coefficient (Wildman–Crippen LogP) is 1.88. The van der Waals surface area contributed by atoms with Gasteiger partial charge in [-0.25, -0.2) is 0 Å². The Labute approximate surface area is 111 Å². The molecule has 0 atom stereocenters. The zero-order valence-corrected chi connectivity index (χ0v) is 11.0. The van der Waals surface area contributed by atoms with Crippen molar-refractivity contribution in [3.8, 4) is 0 Å². The maximum Gasteiger partial charge on any atom is 0.256 e. The minimum Gasteiger partial charge on any atom is -0.309 e. The molecule has 0 bridgehead atoms. The van der Waals surface area contributed by atoms with Crippen LogP contribution in [0.3, 0.4) is 0 Å². The van der Waals surface area contributed by atoms with Crippen molar-refractivity contribution >= 4 is 11.7 Å². The lowest BCUT2D eigenvalue weighted by molar-refractivity contribution is 0.102. The van der Waals surface area contributed by atoms with Gasteiger partial charge in [0.15, 0.2) is 5.82 Å². The van der Waals surface area contributed by atoms with Gasteiger partial charge in [0.25, 0.3) is 5.91 Å². The fraction of sp³-hybridized carbons (Fsp3) is 0.286. The molecule has 98 valence electrons. The topological polar surface area (TPSA) is 69.8 Å². The van der Waals surface area contributed by atoms with Gasteiger partial charge in [0, 0.05) is 29.9 Å². The maximum atomic E-state index is 12.2. The van der Waals surface area contributed by atoms with Gasteiger partial charge in [-0.05, 0) is 37.1 Å². The average molecular weight is 256 g/mol. The van der Waals surface area contributed by atoms with Gasteiger partial charge in [-0.1, -0.05) is 6.07 Å². The first-order chi connectivity index (χ1) is 9.15. The number of carbonyl (C=O) groups is 1. The summed E-state index contributed by atoms with van der Waals surface area (Å²) in [5.41, 5.74) is 5.07. The molecule has 1 aliphatic heterocycles. The minimum absolute atomic E-state index is 0.121. The summed E-state index contributed by atoms with van der Waals surface area (Å²) in [6.45, 7) is 5.58. The number of benzene rings is 1. The number of amides is 1. The van der Waals surface area contributed by atoms with Crippen molar-refractivity contribution in [1.29, 1.82) is 0 Å². The molecular formula is C14H16N4O. The smallest absolute Gasteiger partial charge is 0.256 e. The lowest BCUT2D eigenvalue weighted by atomic mass is 10.1. The second-order valence-electron chi connectivity index (χ2n) is 4.86. The summed E-state index contributed by atoms with van der Waals surface area (Å²) in [6.07, 6.45) is 0. The lowest BCUT2D eigenvalue weighted by Gasteiger charge is -2.05. The van der Waals surface area contributed by atoms with Crippen molar-refractivity contribution in [3.05, 3.63) is 46.1 Å². The normalized spacial score (nSPS) is 13.4. The van der Waals surface area contributed by atoms with E-state index in [1.165, 1.54) is 11.1 Å². The van der Waals surface area contributed by atoms with Crippen LogP contribution >= 0.6 is 0 Å². The molecule has 3 rings (SSSR count). The van der Waals surface area contributed by atoms with Gasteiger partial charge in [-0.3, -0.25) is 9.89 Å². The molecule has 1 aromatic heterocycles. The standard InChI is InChI=1S/C14H16N4O/c1-8-9(2)17-18-13(8)16-14(19)10-3-4-11-6-15-7-12(11)5-10/h3-5,15H,6-7H2,1-2H3,(H2,16,17,18,19). The molecule has 19 heavy (non-hydrogen) atoms. The van der Waals surface area contributed by atoms with Crippen LogP contribution in [0, 0.1) is 13.8 Å². The van der Waals surface area contributed by atoms with E-state index in [1.54, 1.807) is 0 Å². The summed E-state index contributed by atoms with van der Waals surface area (Å²) in [4.78, 5) is 12.2. The molecule has 2 aromatic rings. The number of rotatable bonds is 2. The summed E-state index contributed by atoms with van der Waals surface area (Å²) >= 11 is 0. The van der Waals surface area contributed by atoms with E-state index >= 15 is 0 Å². The fourth-order valence-corrected chi connectivity index (χ4v) is 2.22. The molecule has 3 N–H and O–H groups in total. The summed E-state index contributed by atoms with van der Waals surface area (Å²) in [5, 5.41) is 13.0. The number of hydrogen-bond donors (Lipinski definition) is 3. The van der Waals surface area contributed by atoms with E-state index < -0.39 is 0 Å². The fourth-order valence-electron chi connectivity index (χ4n) is 2.22. The molecule has 2 heterocycles. The van der Waals surface area contributed by atoms with E-state index in [2.05, 4.69) is 20.8 Å². The SMILES string of the molecule is Cc1[nH]nc(NC(=O)c2ccc3c(c2)CNC3)c1C. The third-order valence-electron chi connectivity index (χ3n) is 3.58. The molecule has 0 fully saturated rings. The molecule has 0 aliphatic carbocycles. The number of carbonyl (C=O) groups excluding carboxylic acids is 1. The van der Waals surface area contributed by atoms with Crippen molar-refractivity contribution in [2.75, 3.05) is 5.32 Å². The number of nitrogens with zero attached hydrogens (tertiary/aromatic N) is 1. The highest BCUT2D eigenvalue weighted by Crippen LogP contribution is 2.19. The third kappa shape index (κ3) is 2.13. The Morgan fingerprint density at radius 1 is 1.26 bits per heavy atom. The van der Waals surface area contributed by atoms with Crippen molar-refractivity contribution in [3.63, 3.8) is 0 Å². The van der Waals surface area contributed by atoms with Crippen molar-refractivity contribution < 1.29 is 4.79 Å². The zero-order chi connectivity index (χ0) is 13.4. The van der Waals surface area contributed by atoms with Crippen molar-refractivity contribution in [2.45, 2.75) is 26.9 Å². The van der Waals surface area contributed by atoms with Gasteiger partial charge in [-0.2, -0.15) is 5.10 Å². The van der Waals surface area contributed by atoms with Gasteiger partial charge in [0.1, 0.15) is 0 Å². The van der Waals surface area contributed by atoms with Gasteiger partial charge >= 0.3 is 0 Å². The quantitative estimate of drug-likeness (QED) is 0.768. The Morgan fingerprint density at radius 2 is 2.05 bits per heavy atom. The number of fused-ring (bicyclic) bond motifs is 1. The number of aromatic amines is 1. The van der Waals surface area contributed by atoms with E-state index in [1.807, 2.05) is 32.0 Å². The van der Waals surface area contributed by atoms with Gasteiger partial charge < -0.3 is 10.6 Å². The van der Waals surface area contributed by atoms with Crippen LogP contribution in [0.2, 0.25) is 0 Å². The highest BCUT2D eigenvalue weighted by atomic mass is 16.1. The highest BCUT2D eigenvalue weighted by Gasteiger charge is 2.15. The van der Waals surface area contributed by atoms with Crippen molar-refractivity contribution in [2.24, 2.45) is 0 Å². The number of H-pyrrole nitrogens is 1. The molecule has 1 amide bonds. The second-order valence-corrected chi connectivity index (χ2v) is 4.86. The molecule has 0 saturated heterocycles. The Hall–Kier alpha value is -2.14. The predicted molar refractivity (Wildman–Crippen MR) is 73.0 cm³/mol. The third-order valence-corrected chi connectivity index (χ3v) is 3.58. The van der Waals surface area contributed by atoms with Gasteiger partial charge in [-0.15, -0.1) is 0 Å². The van der Waals surface area contributed by atoms with E-state index in [0.29, 0.717) is 11.4 Å². The lowest BCUT2D eigenvalue weighted by Crippen LogP contribution is -2.13.